The molecule has 1 aliphatic carbocycles. The maximum Gasteiger partial charge on any atom is 0.0420 e. The first kappa shape index (κ1) is 12.1. The molecular formula is C13H19BrN2. The van der Waals surface area contributed by atoms with Crippen LogP contribution in [-0.2, 0) is 6.42 Å². The molecule has 1 fully saturated rings. The van der Waals surface area contributed by atoms with Gasteiger partial charge in [-0.2, -0.15) is 0 Å². The van der Waals surface area contributed by atoms with Crippen molar-refractivity contribution in [1.29, 1.82) is 0 Å². The Balaban J connectivity index is 1.96. The van der Waals surface area contributed by atoms with E-state index in [2.05, 4.69) is 45.3 Å². The Kier molecular flexibility index (Phi) is 4.36. The first-order valence-corrected chi connectivity index (χ1v) is 6.92. The summed E-state index contributed by atoms with van der Waals surface area (Å²) in [6.45, 7) is 3.23. The Labute approximate surface area is 106 Å². The van der Waals surface area contributed by atoms with Crippen molar-refractivity contribution in [2.45, 2.75) is 38.6 Å². The number of nitrogens with zero attached hydrogens (tertiary/aromatic N) is 1. The van der Waals surface area contributed by atoms with Gasteiger partial charge in [0.15, 0.2) is 0 Å². The lowest BCUT2D eigenvalue weighted by atomic mass is 9.78. The minimum Gasteiger partial charge on any atom is -0.314 e. The normalized spacial score (nSPS) is 18.1. The van der Waals surface area contributed by atoms with E-state index in [4.69, 9.17) is 0 Å². The standard InChI is InChI=1S/C13H19BrN2/c1-2-15-13(10-4-3-5-10)8-12-7-6-11(14)9-16-12/h6-7,9-10,13,15H,2-5,8H2,1H3. The molecule has 88 valence electrons. The van der Waals surface area contributed by atoms with E-state index in [-0.39, 0.29) is 0 Å². The molecule has 3 heteroatoms. The number of hydrogen-bond acceptors (Lipinski definition) is 2. The Bertz CT molecular complexity index is 319. The molecule has 0 bridgehead atoms. The molecule has 0 aromatic carbocycles. The highest BCUT2D eigenvalue weighted by Gasteiger charge is 2.26. The van der Waals surface area contributed by atoms with Crippen molar-refractivity contribution in [2.24, 2.45) is 5.92 Å². The zero-order chi connectivity index (χ0) is 11.4. The van der Waals surface area contributed by atoms with Crippen LogP contribution in [0.3, 0.4) is 0 Å². The molecule has 2 rings (SSSR count). The minimum atomic E-state index is 0.618. The molecule has 1 aromatic heterocycles. The van der Waals surface area contributed by atoms with Gasteiger partial charge < -0.3 is 5.32 Å². The molecule has 2 nitrogen and oxygen atoms in total. The molecule has 1 aliphatic rings. The van der Waals surface area contributed by atoms with Gasteiger partial charge in [-0.3, -0.25) is 4.98 Å². The van der Waals surface area contributed by atoms with E-state index in [0.717, 1.165) is 23.4 Å². The predicted molar refractivity (Wildman–Crippen MR) is 70.4 cm³/mol. The van der Waals surface area contributed by atoms with Crippen LogP contribution in [0.4, 0.5) is 0 Å². The highest BCUT2D eigenvalue weighted by Crippen LogP contribution is 2.30. The van der Waals surface area contributed by atoms with E-state index in [9.17, 15) is 0 Å². The summed E-state index contributed by atoms with van der Waals surface area (Å²) >= 11 is 3.42. The van der Waals surface area contributed by atoms with E-state index >= 15 is 0 Å². The molecule has 1 saturated carbocycles. The van der Waals surface area contributed by atoms with E-state index < -0.39 is 0 Å². The van der Waals surface area contributed by atoms with Crippen LogP contribution in [0.2, 0.25) is 0 Å². The van der Waals surface area contributed by atoms with Crippen molar-refractivity contribution in [3.63, 3.8) is 0 Å². The molecule has 1 atom stereocenters. The van der Waals surface area contributed by atoms with E-state index in [1.165, 1.54) is 25.0 Å². The molecule has 16 heavy (non-hydrogen) atoms. The van der Waals surface area contributed by atoms with Gasteiger partial charge in [0.2, 0.25) is 0 Å². The van der Waals surface area contributed by atoms with Gasteiger partial charge in [-0.25, -0.2) is 0 Å². The molecule has 0 radical (unpaired) electrons. The lowest BCUT2D eigenvalue weighted by molar-refractivity contribution is 0.228. The Morgan fingerprint density at radius 1 is 1.50 bits per heavy atom. The predicted octanol–water partition coefficient (Wildman–Crippen LogP) is 3.16. The van der Waals surface area contributed by atoms with Crippen LogP contribution in [0, 0.1) is 5.92 Å². The number of likely N-dealkylation sites (N-methyl/N-ethyl adjacent to an activating group) is 1. The average molecular weight is 283 g/mol. The van der Waals surface area contributed by atoms with Gasteiger partial charge >= 0.3 is 0 Å². The van der Waals surface area contributed by atoms with Gasteiger partial charge in [0.1, 0.15) is 0 Å². The van der Waals surface area contributed by atoms with Gasteiger partial charge in [0.05, 0.1) is 0 Å². The Morgan fingerprint density at radius 3 is 2.81 bits per heavy atom. The van der Waals surface area contributed by atoms with Gasteiger partial charge in [-0.15, -0.1) is 0 Å². The summed E-state index contributed by atoms with van der Waals surface area (Å²) in [4.78, 5) is 4.45. The van der Waals surface area contributed by atoms with Gasteiger partial charge in [0.25, 0.3) is 0 Å². The number of aromatic nitrogens is 1. The maximum atomic E-state index is 4.45. The number of rotatable bonds is 5. The third-order valence-electron chi connectivity index (χ3n) is 3.40. The third-order valence-corrected chi connectivity index (χ3v) is 3.87. The van der Waals surface area contributed by atoms with Crippen LogP contribution in [0.1, 0.15) is 31.9 Å². The van der Waals surface area contributed by atoms with Crippen molar-refractivity contribution >= 4 is 15.9 Å². The third kappa shape index (κ3) is 3.05. The first-order chi connectivity index (χ1) is 7.79. The molecule has 1 unspecified atom stereocenters. The summed E-state index contributed by atoms with van der Waals surface area (Å²) in [7, 11) is 0. The summed E-state index contributed by atoms with van der Waals surface area (Å²) in [6.07, 6.45) is 7.12. The summed E-state index contributed by atoms with van der Waals surface area (Å²) in [5, 5.41) is 3.60. The molecule has 1 N–H and O–H groups in total. The molecule has 0 saturated heterocycles. The SMILES string of the molecule is CCNC(Cc1ccc(Br)cn1)C1CCC1. The Hall–Kier alpha value is -0.410. The average Bonchev–Trinajstić information content (AvgIpc) is 2.19. The van der Waals surface area contributed by atoms with E-state index in [1.807, 2.05) is 6.20 Å². The molecular weight excluding hydrogens is 264 g/mol. The molecule has 0 aliphatic heterocycles. The van der Waals surface area contributed by atoms with Crippen LogP contribution < -0.4 is 5.32 Å². The fourth-order valence-corrected chi connectivity index (χ4v) is 2.50. The smallest absolute Gasteiger partial charge is 0.0420 e. The van der Waals surface area contributed by atoms with Crippen LogP contribution >= 0.6 is 15.9 Å². The molecule has 0 amide bonds. The summed E-state index contributed by atoms with van der Waals surface area (Å²) in [6, 6.07) is 4.81. The molecule has 1 aromatic rings. The van der Waals surface area contributed by atoms with Gasteiger partial charge in [-0.05, 0) is 53.4 Å². The topological polar surface area (TPSA) is 24.9 Å². The fourth-order valence-electron chi connectivity index (χ4n) is 2.26. The second-order valence-electron chi connectivity index (χ2n) is 4.53. The lowest BCUT2D eigenvalue weighted by Gasteiger charge is -2.34. The fraction of sp³-hybridized carbons (Fsp3) is 0.615. The monoisotopic (exact) mass is 282 g/mol. The molecule has 1 heterocycles. The van der Waals surface area contributed by atoms with Gasteiger partial charge in [0, 0.05) is 28.8 Å². The van der Waals surface area contributed by atoms with Crippen LogP contribution in [0.25, 0.3) is 0 Å². The number of hydrogen-bond donors (Lipinski definition) is 1. The number of nitrogens with one attached hydrogen (secondary N) is 1. The lowest BCUT2D eigenvalue weighted by Crippen LogP contribution is -2.41. The highest BCUT2D eigenvalue weighted by atomic mass is 79.9. The van der Waals surface area contributed by atoms with Crippen molar-refractivity contribution in [3.8, 4) is 0 Å². The van der Waals surface area contributed by atoms with Crippen molar-refractivity contribution in [2.75, 3.05) is 6.54 Å². The van der Waals surface area contributed by atoms with Gasteiger partial charge in [-0.1, -0.05) is 13.3 Å². The van der Waals surface area contributed by atoms with Crippen LogP contribution in [-0.4, -0.2) is 17.6 Å². The van der Waals surface area contributed by atoms with Crippen molar-refractivity contribution < 1.29 is 0 Å². The number of halogens is 1. The largest absolute Gasteiger partial charge is 0.314 e. The summed E-state index contributed by atoms with van der Waals surface area (Å²) in [5.74, 6) is 0.866. The quantitative estimate of drug-likeness (QED) is 0.897. The van der Waals surface area contributed by atoms with Crippen molar-refractivity contribution in [3.05, 3.63) is 28.5 Å². The summed E-state index contributed by atoms with van der Waals surface area (Å²) < 4.78 is 1.06. The zero-order valence-electron chi connectivity index (χ0n) is 9.75. The number of pyridine rings is 1. The minimum absolute atomic E-state index is 0.618. The highest BCUT2D eigenvalue weighted by molar-refractivity contribution is 9.10. The van der Waals surface area contributed by atoms with Crippen molar-refractivity contribution in [1.82, 2.24) is 10.3 Å². The Morgan fingerprint density at radius 2 is 2.31 bits per heavy atom. The van der Waals surface area contributed by atoms with Crippen LogP contribution in [0.15, 0.2) is 22.8 Å². The van der Waals surface area contributed by atoms with E-state index in [1.54, 1.807) is 0 Å². The second kappa shape index (κ2) is 5.78. The first-order valence-electron chi connectivity index (χ1n) is 6.13. The van der Waals surface area contributed by atoms with E-state index in [0.29, 0.717) is 6.04 Å². The second-order valence-corrected chi connectivity index (χ2v) is 5.44. The summed E-state index contributed by atoms with van der Waals surface area (Å²) in [5.41, 5.74) is 1.20. The zero-order valence-corrected chi connectivity index (χ0v) is 11.3. The maximum absolute atomic E-state index is 4.45. The molecule has 0 spiro atoms. The van der Waals surface area contributed by atoms with Crippen LogP contribution in [0.5, 0.6) is 0 Å².